The molecule has 0 saturated carbocycles. The van der Waals surface area contributed by atoms with Gasteiger partial charge in [0.05, 0.1) is 5.56 Å². The van der Waals surface area contributed by atoms with Gasteiger partial charge in [0.2, 0.25) is 0 Å². The summed E-state index contributed by atoms with van der Waals surface area (Å²) in [7, 11) is -4.27. The Kier molecular flexibility index (Phi) is 4.30. The lowest BCUT2D eigenvalue weighted by molar-refractivity contribution is 0.0697. The number of carboxylic acid groups (broad SMARTS) is 1. The number of carbonyl (C=O) groups is 1. The summed E-state index contributed by atoms with van der Waals surface area (Å²) < 4.78 is 52.7. The highest BCUT2D eigenvalue weighted by atomic mass is 79.9. The molecule has 21 heavy (non-hydrogen) atoms. The lowest BCUT2D eigenvalue weighted by Crippen LogP contribution is -2.14. The number of aromatic carboxylic acids is 1. The number of carboxylic acids is 1. The zero-order valence-electron chi connectivity index (χ0n) is 9.93. The molecule has 0 spiro atoms. The third-order valence-corrected chi connectivity index (χ3v) is 5.58. The summed E-state index contributed by atoms with van der Waals surface area (Å²) in [4.78, 5) is 10.7. The number of nitrogens with one attached hydrogen (secondary N) is 1. The second kappa shape index (κ2) is 5.70. The lowest BCUT2D eigenvalue weighted by atomic mass is 10.3. The van der Waals surface area contributed by atoms with Gasteiger partial charge in [0, 0.05) is 9.85 Å². The monoisotopic (exact) mass is 397 g/mol. The van der Waals surface area contributed by atoms with E-state index in [0.29, 0.717) is 11.3 Å². The predicted molar refractivity (Wildman–Crippen MR) is 76.1 cm³/mol. The number of sulfonamides is 1. The average molecular weight is 398 g/mol. The number of rotatable bonds is 4. The minimum Gasteiger partial charge on any atom is -0.478 e. The summed E-state index contributed by atoms with van der Waals surface area (Å²) >= 11 is 3.50. The zero-order chi connectivity index (χ0) is 15.8. The first-order chi connectivity index (χ1) is 9.70. The molecule has 0 aliphatic rings. The van der Waals surface area contributed by atoms with Crippen LogP contribution in [0.25, 0.3) is 0 Å². The Bertz CT molecular complexity index is 796. The molecule has 0 aliphatic carbocycles. The molecule has 0 radical (unpaired) electrons. The normalized spacial score (nSPS) is 11.4. The predicted octanol–water partition coefficient (Wildman–Crippen LogP) is 3.29. The van der Waals surface area contributed by atoms with Crippen molar-refractivity contribution in [1.29, 1.82) is 0 Å². The van der Waals surface area contributed by atoms with Crippen LogP contribution in [0.3, 0.4) is 0 Å². The minimum atomic E-state index is -4.27. The third-order valence-electron chi connectivity index (χ3n) is 2.33. The number of benzene rings is 1. The van der Waals surface area contributed by atoms with E-state index in [1.165, 1.54) is 0 Å². The van der Waals surface area contributed by atoms with Crippen molar-refractivity contribution in [1.82, 2.24) is 0 Å². The molecule has 0 unspecified atom stereocenters. The van der Waals surface area contributed by atoms with Gasteiger partial charge in [0.15, 0.2) is 11.6 Å². The van der Waals surface area contributed by atoms with Gasteiger partial charge in [-0.3, -0.25) is 4.72 Å². The van der Waals surface area contributed by atoms with Crippen LogP contribution in [0.15, 0.2) is 32.3 Å². The Balaban J connectivity index is 2.40. The van der Waals surface area contributed by atoms with Crippen molar-refractivity contribution in [2.75, 3.05) is 4.72 Å². The standard InChI is InChI=1S/C11H6BrF2NO4S2/c12-6-2-7(13)10(8(14)3-6)15-21(18,19)9-1-5(4-20-9)11(16)17/h1-4,15H,(H,16,17). The van der Waals surface area contributed by atoms with Crippen LogP contribution in [-0.2, 0) is 10.0 Å². The van der Waals surface area contributed by atoms with E-state index < -0.39 is 33.3 Å². The summed E-state index contributed by atoms with van der Waals surface area (Å²) in [6.45, 7) is 0. The van der Waals surface area contributed by atoms with Crippen molar-refractivity contribution < 1.29 is 27.1 Å². The molecule has 0 bridgehead atoms. The van der Waals surface area contributed by atoms with E-state index in [1.807, 2.05) is 0 Å². The molecule has 2 aromatic rings. The molecular weight excluding hydrogens is 392 g/mol. The first-order valence-electron chi connectivity index (χ1n) is 5.20. The summed E-state index contributed by atoms with van der Waals surface area (Å²) in [5, 5.41) is 9.85. The first-order valence-corrected chi connectivity index (χ1v) is 8.35. The van der Waals surface area contributed by atoms with Crippen molar-refractivity contribution in [3.05, 3.63) is 45.2 Å². The molecule has 1 aromatic heterocycles. The molecule has 10 heteroatoms. The fourth-order valence-electron chi connectivity index (χ4n) is 1.39. The summed E-state index contributed by atoms with van der Waals surface area (Å²) in [5.41, 5.74) is -1.05. The van der Waals surface area contributed by atoms with Gasteiger partial charge in [0.1, 0.15) is 9.90 Å². The van der Waals surface area contributed by atoms with Crippen molar-refractivity contribution in [3.8, 4) is 0 Å². The molecular formula is C11H6BrF2NO4S2. The van der Waals surface area contributed by atoms with E-state index >= 15 is 0 Å². The maximum Gasteiger partial charge on any atom is 0.336 e. The highest BCUT2D eigenvalue weighted by molar-refractivity contribution is 9.10. The van der Waals surface area contributed by atoms with Crippen LogP contribution in [0.1, 0.15) is 10.4 Å². The molecule has 1 aromatic carbocycles. The molecule has 0 atom stereocenters. The van der Waals surface area contributed by atoms with Crippen molar-refractivity contribution in [2.45, 2.75) is 4.21 Å². The van der Waals surface area contributed by atoms with Crippen LogP contribution in [-0.4, -0.2) is 19.5 Å². The molecule has 2 rings (SSSR count). The van der Waals surface area contributed by atoms with Crippen molar-refractivity contribution >= 4 is 48.9 Å². The Morgan fingerprint density at radius 2 is 1.81 bits per heavy atom. The number of hydrogen-bond acceptors (Lipinski definition) is 4. The smallest absolute Gasteiger partial charge is 0.336 e. The van der Waals surface area contributed by atoms with Gasteiger partial charge in [0.25, 0.3) is 10.0 Å². The molecule has 112 valence electrons. The summed E-state index contributed by atoms with van der Waals surface area (Å²) in [6, 6.07) is 2.71. The number of thiophene rings is 1. The van der Waals surface area contributed by atoms with Crippen LogP contribution in [0.4, 0.5) is 14.5 Å². The van der Waals surface area contributed by atoms with E-state index in [4.69, 9.17) is 5.11 Å². The summed E-state index contributed by atoms with van der Waals surface area (Å²) in [5.74, 6) is -3.49. The molecule has 0 amide bonds. The van der Waals surface area contributed by atoms with Gasteiger partial charge in [-0.15, -0.1) is 11.3 Å². The second-order valence-electron chi connectivity index (χ2n) is 3.81. The third kappa shape index (κ3) is 3.39. The van der Waals surface area contributed by atoms with E-state index in [0.717, 1.165) is 23.6 Å². The maximum atomic E-state index is 13.6. The van der Waals surface area contributed by atoms with E-state index in [-0.39, 0.29) is 14.2 Å². The Morgan fingerprint density at radius 3 is 2.29 bits per heavy atom. The molecule has 1 heterocycles. The first kappa shape index (κ1) is 15.9. The molecule has 0 saturated heterocycles. The Hall–Kier alpha value is -1.52. The SMILES string of the molecule is O=C(O)c1csc(S(=O)(=O)Nc2c(F)cc(Br)cc2F)c1. The molecule has 5 nitrogen and oxygen atoms in total. The van der Waals surface area contributed by atoms with Crippen molar-refractivity contribution in [2.24, 2.45) is 0 Å². The molecule has 0 fully saturated rings. The van der Waals surface area contributed by atoms with E-state index in [9.17, 15) is 22.0 Å². The minimum absolute atomic E-state index is 0.115. The van der Waals surface area contributed by atoms with Crippen molar-refractivity contribution in [3.63, 3.8) is 0 Å². The summed E-state index contributed by atoms with van der Waals surface area (Å²) in [6.07, 6.45) is 0. The van der Waals surface area contributed by atoms with E-state index in [2.05, 4.69) is 15.9 Å². The zero-order valence-corrected chi connectivity index (χ0v) is 13.2. The van der Waals surface area contributed by atoms with Crippen LogP contribution in [0.2, 0.25) is 0 Å². The fraction of sp³-hybridized carbons (Fsp3) is 0. The molecule has 0 aliphatic heterocycles. The van der Waals surface area contributed by atoms with Gasteiger partial charge < -0.3 is 5.11 Å². The van der Waals surface area contributed by atoms with E-state index in [1.54, 1.807) is 4.72 Å². The van der Waals surface area contributed by atoms with Gasteiger partial charge in [-0.2, -0.15) is 0 Å². The number of anilines is 1. The number of hydrogen-bond donors (Lipinski definition) is 2. The topological polar surface area (TPSA) is 83.5 Å². The average Bonchev–Trinajstić information content (AvgIpc) is 2.84. The van der Waals surface area contributed by atoms with Crippen LogP contribution in [0.5, 0.6) is 0 Å². The number of halogens is 3. The maximum absolute atomic E-state index is 13.6. The van der Waals surface area contributed by atoms with Gasteiger partial charge >= 0.3 is 5.97 Å². The van der Waals surface area contributed by atoms with Gasteiger partial charge in [-0.05, 0) is 18.2 Å². The Morgan fingerprint density at radius 1 is 1.24 bits per heavy atom. The highest BCUT2D eigenvalue weighted by Crippen LogP contribution is 2.28. The van der Waals surface area contributed by atoms with Crippen LogP contribution in [0, 0.1) is 11.6 Å². The second-order valence-corrected chi connectivity index (χ2v) is 7.55. The lowest BCUT2D eigenvalue weighted by Gasteiger charge is -2.08. The van der Waals surface area contributed by atoms with Gasteiger partial charge in [-0.1, -0.05) is 15.9 Å². The molecule has 2 N–H and O–H groups in total. The fourth-order valence-corrected chi connectivity index (χ4v) is 4.03. The van der Waals surface area contributed by atoms with Crippen LogP contribution >= 0.6 is 27.3 Å². The highest BCUT2D eigenvalue weighted by Gasteiger charge is 2.22. The quantitative estimate of drug-likeness (QED) is 0.828. The van der Waals surface area contributed by atoms with Crippen LogP contribution < -0.4 is 4.72 Å². The Labute approximate surface area is 130 Å². The van der Waals surface area contributed by atoms with Gasteiger partial charge in [-0.25, -0.2) is 22.0 Å². The largest absolute Gasteiger partial charge is 0.478 e.